The smallest absolute Gasteiger partial charge is 0.266 e. The van der Waals surface area contributed by atoms with Crippen molar-refractivity contribution in [3.05, 3.63) is 40.2 Å². The molecule has 1 aromatic heterocycles. The Morgan fingerprint density at radius 2 is 1.59 bits per heavy atom. The van der Waals surface area contributed by atoms with Crippen molar-refractivity contribution >= 4 is 23.2 Å². The maximum atomic E-state index is 13.2. The summed E-state index contributed by atoms with van der Waals surface area (Å²) in [7, 11) is 0. The molecule has 6 heteroatoms. The van der Waals surface area contributed by atoms with Gasteiger partial charge in [0.05, 0.1) is 10.7 Å². The quantitative estimate of drug-likeness (QED) is 0.753. The summed E-state index contributed by atoms with van der Waals surface area (Å²) in [6.07, 6.45) is 6.23. The molecule has 2 saturated heterocycles. The molecule has 2 fully saturated rings. The minimum atomic E-state index is 0.0510. The summed E-state index contributed by atoms with van der Waals surface area (Å²) in [5.41, 5.74) is 1.76. The number of thiazole rings is 1. The van der Waals surface area contributed by atoms with Gasteiger partial charge >= 0.3 is 0 Å². The van der Waals surface area contributed by atoms with Crippen LogP contribution in [0.4, 0.5) is 0 Å². The lowest BCUT2D eigenvalue weighted by Crippen LogP contribution is -2.44. The molecule has 29 heavy (non-hydrogen) atoms. The molecule has 0 atom stereocenters. The van der Waals surface area contributed by atoms with E-state index in [4.69, 9.17) is 0 Å². The van der Waals surface area contributed by atoms with E-state index in [0.29, 0.717) is 23.9 Å². The first kappa shape index (κ1) is 20.1. The second-order valence-electron chi connectivity index (χ2n) is 8.08. The minimum absolute atomic E-state index is 0.0510. The highest BCUT2D eigenvalue weighted by Crippen LogP contribution is 2.31. The van der Waals surface area contributed by atoms with Gasteiger partial charge in [-0.05, 0) is 32.6 Å². The third-order valence-corrected chi connectivity index (χ3v) is 6.98. The average Bonchev–Trinajstić information content (AvgIpc) is 2.97. The number of aryl methyl sites for hydroxylation is 1. The lowest BCUT2D eigenvalue weighted by atomic mass is 9.95. The van der Waals surface area contributed by atoms with Gasteiger partial charge in [0, 0.05) is 37.7 Å². The van der Waals surface area contributed by atoms with Crippen LogP contribution in [-0.4, -0.2) is 52.8 Å². The summed E-state index contributed by atoms with van der Waals surface area (Å²) in [5.74, 6) is 0.418. The standard InChI is InChI=1S/C23H29N3O2S/c1-17-24-20(18-9-5-4-6-10-18)21(29-17)23(28)26-15-11-19(12-16-26)22(27)25-13-7-2-3-8-14-25/h4-6,9-10,19H,2-3,7-8,11-16H2,1H3. The van der Waals surface area contributed by atoms with E-state index in [0.717, 1.165) is 55.0 Å². The molecule has 2 aliphatic heterocycles. The maximum absolute atomic E-state index is 13.2. The molecule has 0 bridgehead atoms. The first-order chi connectivity index (χ1) is 14.1. The van der Waals surface area contributed by atoms with Crippen molar-refractivity contribution in [3.63, 3.8) is 0 Å². The van der Waals surface area contributed by atoms with E-state index in [1.165, 1.54) is 24.2 Å². The van der Waals surface area contributed by atoms with Gasteiger partial charge in [-0.3, -0.25) is 9.59 Å². The molecular formula is C23H29N3O2S. The number of carbonyl (C=O) groups is 2. The van der Waals surface area contributed by atoms with Crippen molar-refractivity contribution in [1.82, 2.24) is 14.8 Å². The molecule has 3 heterocycles. The SMILES string of the molecule is Cc1nc(-c2ccccc2)c(C(=O)N2CCC(C(=O)N3CCCCCC3)CC2)s1. The average molecular weight is 412 g/mol. The molecule has 0 N–H and O–H groups in total. The summed E-state index contributed by atoms with van der Waals surface area (Å²) >= 11 is 1.47. The van der Waals surface area contributed by atoms with Gasteiger partial charge in [0.1, 0.15) is 4.88 Å². The topological polar surface area (TPSA) is 53.5 Å². The zero-order valence-corrected chi connectivity index (χ0v) is 17.9. The lowest BCUT2D eigenvalue weighted by molar-refractivity contribution is -0.136. The molecule has 0 radical (unpaired) electrons. The van der Waals surface area contributed by atoms with E-state index in [-0.39, 0.29) is 11.8 Å². The Morgan fingerprint density at radius 1 is 0.931 bits per heavy atom. The molecule has 5 nitrogen and oxygen atoms in total. The summed E-state index contributed by atoms with van der Waals surface area (Å²) in [4.78, 5) is 35.4. The van der Waals surface area contributed by atoms with E-state index in [9.17, 15) is 9.59 Å². The van der Waals surface area contributed by atoms with Gasteiger partial charge in [0.15, 0.2) is 0 Å². The molecule has 0 unspecified atom stereocenters. The predicted octanol–water partition coefficient (Wildman–Crippen LogP) is 4.37. The van der Waals surface area contributed by atoms with Crippen LogP contribution >= 0.6 is 11.3 Å². The van der Waals surface area contributed by atoms with Crippen molar-refractivity contribution in [3.8, 4) is 11.3 Å². The number of benzene rings is 1. The molecule has 2 aliphatic rings. The number of piperidine rings is 1. The molecule has 2 aromatic rings. The zero-order valence-electron chi connectivity index (χ0n) is 17.1. The Hall–Kier alpha value is -2.21. The highest BCUT2D eigenvalue weighted by molar-refractivity contribution is 7.14. The largest absolute Gasteiger partial charge is 0.342 e. The van der Waals surface area contributed by atoms with Gasteiger partial charge in [0.25, 0.3) is 5.91 Å². The van der Waals surface area contributed by atoms with Crippen LogP contribution in [0, 0.1) is 12.8 Å². The Labute approximate surface area is 176 Å². The summed E-state index contributed by atoms with van der Waals surface area (Å²) < 4.78 is 0. The first-order valence-corrected chi connectivity index (χ1v) is 11.6. The van der Waals surface area contributed by atoms with Crippen LogP contribution in [0.25, 0.3) is 11.3 Å². The highest BCUT2D eigenvalue weighted by atomic mass is 32.1. The van der Waals surface area contributed by atoms with E-state index in [1.807, 2.05) is 42.2 Å². The third-order valence-electron chi connectivity index (χ3n) is 6.02. The number of hydrogen-bond donors (Lipinski definition) is 0. The van der Waals surface area contributed by atoms with Crippen LogP contribution < -0.4 is 0 Å². The van der Waals surface area contributed by atoms with Gasteiger partial charge in [-0.1, -0.05) is 43.2 Å². The van der Waals surface area contributed by atoms with Crippen molar-refractivity contribution in [2.75, 3.05) is 26.2 Å². The Kier molecular flexibility index (Phi) is 6.28. The molecular weight excluding hydrogens is 382 g/mol. The zero-order chi connectivity index (χ0) is 20.2. The number of nitrogens with zero attached hydrogens (tertiary/aromatic N) is 3. The fraction of sp³-hybridized carbons (Fsp3) is 0.522. The summed E-state index contributed by atoms with van der Waals surface area (Å²) in [6, 6.07) is 9.90. The van der Waals surface area contributed by atoms with E-state index in [1.54, 1.807) is 0 Å². The van der Waals surface area contributed by atoms with Crippen LogP contribution in [0.1, 0.15) is 53.2 Å². The molecule has 154 valence electrons. The Bertz CT molecular complexity index is 848. The number of likely N-dealkylation sites (tertiary alicyclic amines) is 2. The Balaban J connectivity index is 1.42. The molecule has 4 rings (SSSR count). The molecule has 2 amide bonds. The van der Waals surface area contributed by atoms with Gasteiger partial charge in [-0.15, -0.1) is 11.3 Å². The van der Waals surface area contributed by atoms with Crippen molar-refractivity contribution in [2.24, 2.45) is 5.92 Å². The van der Waals surface area contributed by atoms with Crippen LogP contribution in [0.3, 0.4) is 0 Å². The molecule has 0 spiro atoms. The van der Waals surface area contributed by atoms with E-state index >= 15 is 0 Å². The number of aromatic nitrogens is 1. The Morgan fingerprint density at radius 3 is 2.24 bits per heavy atom. The number of rotatable bonds is 3. The maximum Gasteiger partial charge on any atom is 0.266 e. The molecule has 1 aromatic carbocycles. The predicted molar refractivity (Wildman–Crippen MR) is 116 cm³/mol. The number of amides is 2. The third kappa shape index (κ3) is 4.53. The summed E-state index contributed by atoms with van der Waals surface area (Å²) in [6.45, 7) is 5.04. The molecule has 0 saturated carbocycles. The lowest BCUT2D eigenvalue weighted by Gasteiger charge is -2.34. The minimum Gasteiger partial charge on any atom is -0.342 e. The number of carbonyl (C=O) groups excluding carboxylic acids is 2. The van der Waals surface area contributed by atoms with Crippen molar-refractivity contribution in [1.29, 1.82) is 0 Å². The van der Waals surface area contributed by atoms with Gasteiger partial charge in [0.2, 0.25) is 5.91 Å². The van der Waals surface area contributed by atoms with E-state index < -0.39 is 0 Å². The molecule has 0 aliphatic carbocycles. The van der Waals surface area contributed by atoms with Crippen molar-refractivity contribution < 1.29 is 9.59 Å². The second kappa shape index (κ2) is 9.08. The van der Waals surface area contributed by atoms with Crippen LogP contribution in [0.2, 0.25) is 0 Å². The fourth-order valence-electron chi connectivity index (χ4n) is 4.39. The first-order valence-electron chi connectivity index (χ1n) is 10.7. The van der Waals surface area contributed by atoms with Crippen molar-refractivity contribution in [2.45, 2.75) is 45.4 Å². The number of hydrogen-bond acceptors (Lipinski definition) is 4. The van der Waals surface area contributed by atoms with Crippen LogP contribution in [0.15, 0.2) is 30.3 Å². The fourth-order valence-corrected chi connectivity index (χ4v) is 5.30. The van der Waals surface area contributed by atoms with Gasteiger partial charge < -0.3 is 9.80 Å². The monoisotopic (exact) mass is 411 g/mol. The normalized spacial score (nSPS) is 18.5. The van der Waals surface area contributed by atoms with E-state index in [2.05, 4.69) is 9.88 Å². The van der Waals surface area contributed by atoms with Crippen LogP contribution in [0.5, 0.6) is 0 Å². The second-order valence-corrected chi connectivity index (χ2v) is 9.29. The van der Waals surface area contributed by atoms with Gasteiger partial charge in [-0.25, -0.2) is 4.98 Å². The van der Waals surface area contributed by atoms with Crippen LogP contribution in [-0.2, 0) is 4.79 Å². The van der Waals surface area contributed by atoms with Gasteiger partial charge in [-0.2, -0.15) is 0 Å². The summed E-state index contributed by atoms with van der Waals surface area (Å²) in [5, 5.41) is 0.901. The highest BCUT2D eigenvalue weighted by Gasteiger charge is 2.32.